The van der Waals surface area contributed by atoms with Gasteiger partial charge in [0.05, 0.1) is 0 Å². The fraction of sp³-hybridized carbons (Fsp3) is 0. The summed E-state index contributed by atoms with van der Waals surface area (Å²) in [5.41, 5.74) is 0. The normalized spacial score (nSPS) is 10.3. The van der Waals surface area contributed by atoms with E-state index in [1.807, 2.05) is 24.3 Å². The third kappa shape index (κ3) is 1.16. The molecule has 2 aromatic carbocycles. The van der Waals surface area contributed by atoms with Crippen LogP contribution >= 0.6 is 15.9 Å². The van der Waals surface area contributed by atoms with Gasteiger partial charge in [0.1, 0.15) is 0 Å². The predicted octanol–water partition coefficient (Wildman–Crippen LogP) is 3.40. The number of fused-ring (bicyclic) bond motifs is 1. The number of hydrogen-bond donors (Lipinski definition) is 0. The van der Waals surface area contributed by atoms with Crippen molar-refractivity contribution in [3.05, 3.63) is 46.9 Å². The molecule has 1 heteroatoms. The lowest BCUT2D eigenvalue weighted by molar-refractivity contribution is 1.70. The maximum absolute atomic E-state index is 3.47. The van der Waals surface area contributed by atoms with Crippen molar-refractivity contribution in [3.63, 3.8) is 0 Å². The van der Waals surface area contributed by atoms with Crippen molar-refractivity contribution >= 4 is 26.7 Å². The first-order valence-electron chi connectivity index (χ1n) is 3.42. The molecular weight excluding hydrogens is 200 g/mol. The zero-order valence-electron chi connectivity index (χ0n) is 5.84. The van der Waals surface area contributed by atoms with Crippen molar-refractivity contribution < 1.29 is 0 Å². The summed E-state index contributed by atoms with van der Waals surface area (Å²) in [5, 5.41) is 2.47. The second kappa shape index (κ2) is 2.67. The second-order valence-corrected chi connectivity index (χ2v) is 3.24. The molecule has 0 amide bonds. The molecule has 0 bridgehead atoms. The van der Waals surface area contributed by atoms with Crippen LogP contribution in [0.2, 0.25) is 0 Å². The average molecular weight is 206 g/mol. The van der Waals surface area contributed by atoms with Gasteiger partial charge >= 0.3 is 0 Å². The van der Waals surface area contributed by atoms with Gasteiger partial charge in [-0.3, -0.25) is 0 Å². The first-order chi connectivity index (χ1) is 5.38. The predicted molar refractivity (Wildman–Crippen MR) is 50.5 cm³/mol. The quantitative estimate of drug-likeness (QED) is 0.619. The van der Waals surface area contributed by atoms with Gasteiger partial charge in [0.25, 0.3) is 0 Å². The van der Waals surface area contributed by atoms with Gasteiger partial charge in [0.2, 0.25) is 0 Å². The average Bonchev–Trinajstić information content (AvgIpc) is 2.06. The van der Waals surface area contributed by atoms with Crippen molar-refractivity contribution in [2.75, 3.05) is 0 Å². The summed E-state index contributed by atoms with van der Waals surface area (Å²) in [6.07, 6.45) is 0. The van der Waals surface area contributed by atoms with Gasteiger partial charge in [0.15, 0.2) is 0 Å². The van der Waals surface area contributed by atoms with Crippen LogP contribution in [0.15, 0.2) is 40.9 Å². The first-order valence-corrected chi connectivity index (χ1v) is 4.21. The molecule has 2 aromatic rings. The maximum atomic E-state index is 3.47. The fourth-order valence-electron chi connectivity index (χ4n) is 1.12. The summed E-state index contributed by atoms with van der Waals surface area (Å²) < 4.78 is 1.11. The minimum Gasteiger partial charge on any atom is -0.0616 e. The Balaban J connectivity index is 2.91. The summed E-state index contributed by atoms with van der Waals surface area (Å²) in [6.45, 7) is 0. The highest BCUT2D eigenvalue weighted by Gasteiger charge is 1.93. The summed E-state index contributed by atoms with van der Waals surface area (Å²) >= 11 is 3.47. The summed E-state index contributed by atoms with van der Waals surface area (Å²) in [5.74, 6) is 0. The lowest BCUT2D eigenvalue weighted by Crippen LogP contribution is -1.71. The summed E-state index contributed by atoms with van der Waals surface area (Å²) in [4.78, 5) is 0. The van der Waals surface area contributed by atoms with E-state index >= 15 is 0 Å². The van der Waals surface area contributed by atoms with Crippen LogP contribution in [0.1, 0.15) is 0 Å². The van der Waals surface area contributed by atoms with E-state index in [4.69, 9.17) is 0 Å². The van der Waals surface area contributed by atoms with Gasteiger partial charge < -0.3 is 0 Å². The number of benzene rings is 2. The monoisotopic (exact) mass is 205 g/mol. The fourth-order valence-corrected chi connectivity index (χ4v) is 1.62. The van der Waals surface area contributed by atoms with Gasteiger partial charge in [-0.2, -0.15) is 0 Å². The van der Waals surface area contributed by atoms with E-state index < -0.39 is 0 Å². The highest BCUT2D eigenvalue weighted by atomic mass is 79.9. The third-order valence-electron chi connectivity index (χ3n) is 1.67. The Labute approximate surface area is 74.0 Å². The largest absolute Gasteiger partial charge is 0.0616 e. The van der Waals surface area contributed by atoms with Gasteiger partial charge in [0, 0.05) is 4.47 Å². The van der Waals surface area contributed by atoms with E-state index in [2.05, 4.69) is 34.1 Å². The van der Waals surface area contributed by atoms with Crippen LogP contribution in [-0.2, 0) is 0 Å². The first kappa shape index (κ1) is 6.86. The molecule has 11 heavy (non-hydrogen) atoms. The molecule has 0 aliphatic rings. The van der Waals surface area contributed by atoms with Crippen LogP contribution in [0.25, 0.3) is 10.8 Å². The van der Waals surface area contributed by atoms with Crippen LogP contribution < -0.4 is 0 Å². The van der Waals surface area contributed by atoms with Crippen molar-refractivity contribution in [2.24, 2.45) is 0 Å². The van der Waals surface area contributed by atoms with Crippen molar-refractivity contribution in [1.82, 2.24) is 0 Å². The molecule has 0 nitrogen and oxygen atoms in total. The van der Waals surface area contributed by atoms with E-state index in [1.165, 1.54) is 10.8 Å². The molecule has 1 radical (unpaired) electrons. The molecule has 0 fully saturated rings. The molecule has 0 aliphatic heterocycles. The summed E-state index contributed by atoms with van der Waals surface area (Å²) in [7, 11) is 0. The lowest BCUT2D eigenvalue weighted by atomic mass is 10.1. The molecule has 53 valence electrons. The van der Waals surface area contributed by atoms with E-state index in [9.17, 15) is 0 Å². The van der Waals surface area contributed by atoms with Crippen molar-refractivity contribution in [1.29, 1.82) is 0 Å². The SMILES string of the molecule is Brc1c[c]cc2ccccc12. The van der Waals surface area contributed by atoms with Crippen LogP contribution in [0.5, 0.6) is 0 Å². The minimum absolute atomic E-state index is 1.11. The zero-order chi connectivity index (χ0) is 7.68. The molecule has 0 atom stereocenters. The summed E-state index contributed by atoms with van der Waals surface area (Å²) in [6, 6.07) is 15.2. The second-order valence-electron chi connectivity index (χ2n) is 2.39. The Morgan fingerprint density at radius 3 is 2.73 bits per heavy atom. The van der Waals surface area contributed by atoms with Crippen molar-refractivity contribution in [3.8, 4) is 0 Å². The highest BCUT2D eigenvalue weighted by molar-refractivity contribution is 9.10. The molecule has 0 saturated heterocycles. The van der Waals surface area contributed by atoms with E-state index in [0.29, 0.717) is 0 Å². The van der Waals surface area contributed by atoms with E-state index in [0.717, 1.165) is 4.47 Å². The van der Waals surface area contributed by atoms with Crippen molar-refractivity contribution in [2.45, 2.75) is 0 Å². The van der Waals surface area contributed by atoms with Crippen LogP contribution in [0.4, 0.5) is 0 Å². The molecule has 0 aliphatic carbocycles. The zero-order valence-corrected chi connectivity index (χ0v) is 7.43. The van der Waals surface area contributed by atoms with Crippen LogP contribution in [0.3, 0.4) is 0 Å². The molecular formula is C10H6Br. The number of rotatable bonds is 0. The standard InChI is InChI=1S/C10H6Br/c11-10-7-3-5-8-4-1-2-6-9(8)10/h1-2,4-7H. The van der Waals surface area contributed by atoms with E-state index in [-0.39, 0.29) is 0 Å². The minimum atomic E-state index is 1.11. The Kier molecular flexibility index (Phi) is 1.66. The Morgan fingerprint density at radius 2 is 1.91 bits per heavy atom. The molecule has 0 spiro atoms. The molecule has 0 heterocycles. The van der Waals surface area contributed by atoms with E-state index in [1.54, 1.807) is 0 Å². The van der Waals surface area contributed by atoms with Gasteiger partial charge in [-0.05, 0) is 29.0 Å². The number of halogens is 1. The third-order valence-corrected chi connectivity index (χ3v) is 2.32. The van der Waals surface area contributed by atoms with Crippen LogP contribution in [0, 0.1) is 6.07 Å². The van der Waals surface area contributed by atoms with Gasteiger partial charge in [-0.15, -0.1) is 0 Å². The number of hydrogen-bond acceptors (Lipinski definition) is 0. The molecule has 0 saturated carbocycles. The topological polar surface area (TPSA) is 0 Å². The molecule has 0 unspecified atom stereocenters. The lowest BCUT2D eigenvalue weighted by Gasteiger charge is -1.97. The highest BCUT2D eigenvalue weighted by Crippen LogP contribution is 2.22. The smallest absolute Gasteiger partial charge is 0.0259 e. The molecule has 0 N–H and O–H groups in total. The maximum Gasteiger partial charge on any atom is 0.0259 e. The van der Waals surface area contributed by atoms with Crippen LogP contribution in [-0.4, -0.2) is 0 Å². The molecule has 0 aromatic heterocycles. The van der Waals surface area contributed by atoms with Gasteiger partial charge in [-0.25, -0.2) is 0 Å². The van der Waals surface area contributed by atoms with Gasteiger partial charge in [-0.1, -0.05) is 40.2 Å². The Morgan fingerprint density at radius 1 is 1.09 bits per heavy atom. The Bertz CT molecular complexity index is 374. The Hall–Kier alpha value is -0.820. The molecule has 2 rings (SSSR count).